The van der Waals surface area contributed by atoms with Crippen LogP contribution in [0.15, 0.2) is 36.7 Å². The molecule has 136 valence electrons. The van der Waals surface area contributed by atoms with E-state index >= 15 is 0 Å². The van der Waals surface area contributed by atoms with E-state index in [1.807, 2.05) is 19.2 Å². The first kappa shape index (κ1) is 16.6. The molecule has 2 aromatic rings. The van der Waals surface area contributed by atoms with Crippen molar-refractivity contribution in [2.75, 3.05) is 18.1 Å². The first-order valence-electron chi connectivity index (χ1n) is 8.53. The molecule has 0 spiro atoms. The fourth-order valence-electron chi connectivity index (χ4n) is 3.44. The quantitative estimate of drug-likeness (QED) is 0.827. The number of nitrogens with one attached hydrogen (secondary N) is 1. The maximum atomic E-state index is 12.5. The van der Waals surface area contributed by atoms with Crippen molar-refractivity contribution in [3.05, 3.63) is 42.2 Å². The molecule has 1 fully saturated rings. The molecule has 1 aromatic heterocycles. The van der Waals surface area contributed by atoms with Crippen LogP contribution in [0, 0.1) is 6.92 Å². The topological polar surface area (TPSA) is 96.7 Å². The van der Waals surface area contributed by atoms with Gasteiger partial charge in [-0.1, -0.05) is 12.1 Å². The van der Waals surface area contributed by atoms with Crippen LogP contribution >= 0.6 is 0 Å². The summed E-state index contributed by atoms with van der Waals surface area (Å²) in [5.41, 5.74) is 1.58. The number of ether oxygens (including phenoxy) is 1. The summed E-state index contributed by atoms with van der Waals surface area (Å²) in [5.74, 6) is 0.0523. The van der Waals surface area contributed by atoms with Crippen molar-refractivity contribution >= 4 is 17.5 Å². The van der Waals surface area contributed by atoms with Gasteiger partial charge in [0.2, 0.25) is 5.91 Å². The highest BCUT2D eigenvalue weighted by atomic mass is 16.5. The number of rotatable bonds is 4. The Morgan fingerprint density at radius 1 is 1.42 bits per heavy atom. The second-order valence-corrected chi connectivity index (χ2v) is 6.70. The molecule has 1 aliphatic heterocycles. The van der Waals surface area contributed by atoms with Crippen molar-refractivity contribution in [3.8, 4) is 5.75 Å². The minimum absolute atomic E-state index is 0.0817. The smallest absolute Gasteiger partial charge is 0.265 e. The summed E-state index contributed by atoms with van der Waals surface area (Å²) in [5, 5.41) is 17.2. The van der Waals surface area contributed by atoms with Crippen molar-refractivity contribution in [2.45, 2.75) is 31.5 Å². The average molecular weight is 356 g/mol. The molecule has 1 saturated carbocycles. The molecule has 0 saturated heterocycles. The SMILES string of the molecule is Cc1cnn([C@H]2[C@H](O)C[C@@H]2NC(=O)CN2C(=O)COc3ccccc32)c1. The Kier molecular flexibility index (Phi) is 4.12. The van der Waals surface area contributed by atoms with Crippen molar-refractivity contribution in [1.29, 1.82) is 0 Å². The molecular weight excluding hydrogens is 336 g/mol. The van der Waals surface area contributed by atoms with E-state index in [9.17, 15) is 14.7 Å². The Morgan fingerprint density at radius 3 is 2.96 bits per heavy atom. The number of fused-ring (bicyclic) bond motifs is 1. The normalized spacial score (nSPS) is 24.5. The zero-order valence-corrected chi connectivity index (χ0v) is 14.3. The number of para-hydroxylation sites is 2. The third-order valence-electron chi connectivity index (χ3n) is 4.79. The summed E-state index contributed by atoms with van der Waals surface area (Å²) in [6.45, 7) is 1.75. The number of aryl methyl sites for hydroxylation is 1. The van der Waals surface area contributed by atoms with Crippen LogP contribution in [0.25, 0.3) is 0 Å². The minimum atomic E-state index is -0.551. The highest BCUT2D eigenvalue weighted by Gasteiger charge is 2.43. The first-order valence-corrected chi connectivity index (χ1v) is 8.53. The van der Waals surface area contributed by atoms with Crippen LogP contribution in [-0.4, -0.2) is 52.0 Å². The van der Waals surface area contributed by atoms with Crippen LogP contribution in [0.1, 0.15) is 18.0 Å². The Hall–Kier alpha value is -2.87. The number of hydrogen-bond acceptors (Lipinski definition) is 5. The van der Waals surface area contributed by atoms with Crippen LogP contribution in [0.5, 0.6) is 5.75 Å². The fraction of sp³-hybridized carbons (Fsp3) is 0.389. The van der Waals surface area contributed by atoms with Gasteiger partial charge in [0.15, 0.2) is 6.61 Å². The molecule has 0 radical (unpaired) electrons. The largest absolute Gasteiger partial charge is 0.482 e. The van der Waals surface area contributed by atoms with E-state index in [0.717, 1.165) is 5.56 Å². The zero-order valence-electron chi connectivity index (χ0n) is 14.3. The van der Waals surface area contributed by atoms with Gasteiger partial charge in [0.1, 0.15) is 12.3 Å². The predicted octanol–water partition coefficient (Wildman–Crippen LogP) is 0.408. The molecule has 2 aliphatic rings. The molecule has 4 rings (SSSR count). The van der Waals surface area contributed by atoms with Crippen LogP contribution in [0.3, 0.4) is 0 Å². The number of aromatic nitrogens is 2. The van der Waals surface area contributed by atoms with E-state index in [4.69, 9.17) is 4.74 Å². The second-order valence-electron chi connectivity index (χ2n) is 6.70. The Labute approximate surface area is 150 Å². The lowest BCUT2D eigenvalue weighted by atomic mass is 9.83. The maximum Gasteiger partial charge on any atom is 0.265 e. The number of hydrogen-bond donors (Lipinski definition) is 2. The van der Waals surface area contributed by atoms with Crippen molar-refractivity contribution in [2.24, 2.45) is 0 Å². The highest BCUT2D eigenvalue weighted by molar-refractivity contribution is 6.02. The number of benzene rings is 1. The number of amides is 2. The van der Waals surface area contributed by atoms with Gasteiger partial charge in [-0.15, -0.1) is 0 Å². The van der Waals surface area contributed by atoms with Gasteiger partial charge < -0.3 is 15.2 Å². The van der Waals surface area contributed by atoms with Gasteiger partial charge in [0.25, 0.3) is 5.91 Å². The molecule has 2 heterocycles. The molecule has 2 N–H and O–H groups in total. The zero-order chi connectivity index (χ0) is 18.3. The number of anilines is 1. The average Bonchev–Trinajstić information content (AvgIpc) is 3.02. The minimum Gasteiger partial charge on any atom is -0.482 e. The van der Waals surface area contributed by atoms with E-state index in [1.54, 1.807) is 29.1 Å². The molecule has 0 bridgehead atoms. The van der Waals surface area contributed by atoms with Gasteiger partial charge in [0, 0.05) is 6.20 Å². The van der Waals surface area contributed by atoms with Gasteiger partial charge in [-0.25, -0.2) is 0 Å². The molecule has 8 heteroatoms. The summed E-state index contributed by atoms with van der Waals surface area (Å²) >= 11 is 0. The van der Waals surface area contributed by atoms with E-state index < -0.39 is 6.10 Å². The summed E-state index contributed by atoms with van der Waals surface area (Å²) in [6.07, 6.45) is 3.47. The second kappa shape index (κ2) is 6.45. The van der Waals surface area contributed by atoms with Crippen LogP contribution < -0.4 is 15.0 Å². The summed E-state index contributed by atoms with van der Waals surface area (Å²) in [4.78, 5) is 26.1. The molecule has 1 aliphatic carbocycles. The lowest BCUT2D eigenvalue weighted by Crippen LogP contribution is -2.58. The van der Waals surface area contributed by atoms with Gasteiger partial charge in [-0.3, -0.25) is 19.2 Å². The third kappa shape index (κ3) is 2.92. The standard InChI is InChI=1S/C18H20N4O4/c1-11-7-19-22(8-11)18-12(6-14(18)23)20-16(24)9-21-13-4-2-3-5-15(13)26-10-17(21)25/h2-5,7-8,12,14,18,23H,6,9-10H2,1H3,(H,20,24)/t12-,14+,18+/m0/s1. The molecular formula is C18H20N4O4. The molecule has 3 atom stereocenters. The number of aliphatic hydroxyl groups excluding tert-OH is 1. The molecule has 1 aromatic carbocycles. The van der Waals surface area contributed by atoms with Crippen LogP contribution in [0.2, 0.25) is 0 Å². The summed E-state index contributed by atoms with van der Waals surface area (Å²) < 4.78 is 7.07. The Balaban J connectivity index is 1.44. The molecule has 0 unspecified atom stereocenters. The fourth-order valence-corrected chi connectivity index (χ4v) is 3.44. The number of carbonyl (C=O) groups is 2. The van der Waals surface area contributed by atoms with Gasteiger partial charge >= 0.3 is 0 Å². The predicted molar refractivity (Wildman–Crippen MR) is 92.8 cm³/mol. The monoisotopic (exact) mass is 356 g/mol. The van der Waals surface area contributed by atoms with Crippen molar-refractivity contribution < 1.29 is 19.4 Å². The molecule has 8 nitrogen and oxygen atoms in total. The third-order valence-corrected chi connectivity index (χ3v) is 4.79. The van der Waals surface area contributed by atoms with E-state index in [-0.39, 0.29) is 37.0 Å². The number of aliphatic hydroxyl groups is 1. The summed E-state index contributed by atoms with van der Waals surface area (Å²) in [7, 11) is 0. The first-order chi connectivity index (χ1) is 12.5. The Morgan fingerprint density at radius 2 is 2.23 bits per heavy atom. The van der Waals surface area contributed by atoms with E-state index in [1.165, 1.54) is 4.90 Å². The molecule has 2 amide bonds. The summed E-state index contributed by atoms with van der Waals surface area (Å²) in [6, 6.07) is 6.62. The highest BCUT2D eigenvalue weighted by Crippen LogP contribution is 2.33. The van der Waals surface area contributed by atoms with Crippen LogP contribution in [0.4, 0.5) is 5.69 Å². The lowest BCUT2D eigenvalue weighted by Gasteiger charge is -2.42. The Bertz CT molecular complexity index is 849. The lowest BCUT2D eigenvalue weighted by molar-refractivity contribution is -0.127. The van der Waals surface area contributed by atoms with E-state index in [2.05, 4.69) is 10.4 Å². The van der Waals surface area contributed by atoms with Crippen LogP contribution in [-0.2, 0) is 9.59 Å². The van der Waals surface area contributed by atoms with Crippen molar-refractivity contribution in [3.63, 3.8) is 0 Å². The number of nitrogens with zero attached hydrogens (tertiary/aromatic N) is 3. The maximum absolute atomic E-state index is 12.5. The number of carbonyl (C=O) groups excluding carboxylic acids is 2. The van der Waals surface area contributed by atoms with Crippen molar-refractivity contribution in [1.82, 2.24) is 15.1 Å². The van der Waals surface area contributed by atoms with E-state index in [0.29, 0.717) is 17.9 Å². The van der Waals surface area contributed by atoms with Gasteiger partial charge in [0.05, 0.1) is 30.1 Å². The van der Waals surface area contributed by atoms with Gasteiger partial charge in [-0.2, -0.15) is 5.10 Å². The molecule has 26 heavy (non-hydrogen) atoms. The van der Waals surface area contributed by atoms with Gasteiger partial charge in [-0.05, 0) is 31.0 Å².